The Morgan fingerprint density at radius 2 is 1.81 bits per heavy atom. The van der Waals surface area contributed by atoms with Crippen LogP contribution in [0.2, 0.25) is 0 Å². The van der Waals surface area contributed by atoms with E-state index in [1.54, 1.807) is 7.11 Å². The fraction of sp³-hybridized carbons (Fsp3) is 0.667. The maximum Gasteiger partial charge on any atom is 0.119 e. The van der Waals surface area contributed by atoms with Crippen LogP contribution in [0.5, 0.6) is 11.5 Å². The molecule has 0 spiro atoms. The Hall–Kier alpha value is -1.22. The van der Waals surface area contributed by atoms with E-state index in [-0.39, 0.29) is 0 Å². The summed E-state index contributed by atoms with van der Waals surface area (Å²) in [5.74, 6) is 1.79. The summed E-state index contributed by atoms with van der Waals surface area (Å²) in [6.07, 6.45) is 6.27. The molecular weight excluding hydrogens is 262 g/mol. The summed E-state index contributed by atoms with van der Waals surface area (Å²) in [7, 11) is 1.68. The van der Waals surface area contributed by atoms with Crippen LogP contribution in [0.1, 0.15) is 46.0 Å². The summed E-state index contributed by atoms with van der Waals surface area (Å²) < 4.78 is 11.0. The molecule has 3 nitrogen and oxygen atoms in total. The predicted molar refractivity (Wildman–Crippen MR) is 87.1 cm³/mol. The molecule has 0 saturated heterocycles. The molecule has 21 heavy (non-hydrogen) atoms. The monoisotopic (exact) mass is 291 g/mol. The zero-order valence-corrected chi connectivity index (χ0v) is 13.7. The number of rotatable bonds is 10. The van der Waals surface area contributed by atoms with Crippen molar-refractivity contribution in [1.29, 1.82) is 0 Å². The third kappa shape index (κ3) is 5.58. The third-order valence-electron chi connectivity index (χ3n) is 4.28. The lowest BCUT2D eigenvalue weighted by Crippen LogP contribution is -2.34. The molecule has 3 heteroatoms. The van der Waals surface area contributed by atoms with Gasteiger partial charge in [-0.15, -0.1) is 0 Å². The van der Waals surface area contributed by atoms with Crippen molar-refractivity contribution in [2.75, 3.05) is 20.3 Å². The minimum atomic E-state index is 0.337. The van der Waals surface area contributed by atoms with Gasteiger partial charge >= 0.3 is 0 Å². The average Bonchev–Trinajstić information content (AvgIpc) is 3.31. The molecule has 118 valence electrons. The summed E-state index contributed by atoms with van der Waals surface area (Å²) in [6.45, 7) is 6.52. The molecular formula is C18H29NO2. The highest BCUT2D eigenvalue weighted by Crippen LogP contribution is 2.29. The van der Waals surface area contributed by atoms with E-state index in [4.69, 9.17) is 9.47 Å². The first-order valence-electron chi connectivity index (χ1n) is 8.15. The molecule has 1 aromatic carbocycles. The SMILES string of the molecule is CCCC(C)(CCOc1ccc(OC)cc1)CNC1CC1. The lowest BCUT2D eigenvalue weighted by molar-refractivity contribution is 0.192. The lowest BCUT2D eigenvalue weighted by Gasteiger charge is -2.30. The van der Waals surface area contributed by atoms with Crippen molar-refractivity contribution in [3.8, 4) is 11.5 Å². The van der Waals surface area contributed by atoms with Gasteiger partial charge in [-0.1, -0.05) is 20.3 Å². The van der Waals surface area contributed by atoms with Gasteiger partial charge in [-0.05, 0) is 55.4 Å². The molecule has 1 atom stereocenters. The number of methoxy groups -OCH3 is 1. The second-order valence-electron chi connectivity index (χ2n) is 6.49. The molecule has 1 aliphatic carbocycles. The second-order valence-corrected chi connectivity index (χ2v) is 6.49. The molecule has 0 amide bonds. The molecule has 0 aromatic heterocycles. The summed E-state index contributed by atoms with van der Waals surface area (Å²) in [5.41, 5.74) is 0.337. The second kappa shape index (κ2) is 7.69. The quantitative estimate of drug-likeness (QED) is 0.706. The van der Waals surface area contributed by atoms with Gasteiger partial charge in [-0.2, -0.15) is 0 Å². The van der Waals surface area contributed by atoms with Crippen LogP contribution in [0.25, 0.3) is 0 Å². The molecule has 0 aliphatic heterocycles. The number of nitrogens with one attached hydrogen (secondary N) is 1. The molecule has 1 aliphatic rings. The molecule has 1 unspecified atom stereocenters. The lowest BCUT2D eigenvalue weighted by atomic mass is 9.82. The van der Waals surface area contributed by atoms with Crippen molar-refractivity contribution in [3.05, 3.63) is 24.3 Å². The highest BCUT2D eigenvalue weighted by Gasteiger charge is 2.27. The van der Waals surface area contributed by atoms with E-state index >= 15 is 0 Å². The van der Waals surface area contributed by atoms with E-state index in [0.29, 0.717) is 5.41 Å². The van der Waals surface area contributed by atoms with E-state index in [1.165, 1.54) is 25.7 Å². The van der Waals surface area contributed by atoms with Crippen LogP contribution in [0.15, 0.2) is 24.3 Å². The van der Waals surface area contributed by atoms with Gasteiger partial charge in [0.05, 0.1) is 13.7 Å². The average molecular weight is 291 g/mol. The van der Waals surface area contributed by atoms with Crippen molar-refractivity contribution in [2.24, 2.45) is 5.41 Å². The standard InChI is InChI=1S/C18H29NO2/c1-4-11-18(2,14-19-15-5-6-15)12-13-21-17-9-7-16(20-3)8-10-17/h7-10,15,19H,4-6,11-14H2,1-3H3. The molecule has 2 rings (SSSR count). The van der Waals surface area contributed by atoms with Crippen LogP contribution in [-0.4, -0.2) is 26.3 Å². The van der Waals surface area contributed by atoms with Crippen LogP contribution in [0, 0.1) is 5.41 Å². The van der Waals surface area contributed by atoms with Gasteiger partial charge in [-0.3, -0.25) is 0 Å². The van der Waals surface area contributed by atoms with Gasteiger partial charge in [0, 0.05) is 12.6 Å². The highest BCUT2D eigenvalue weighted by molar-refractivity contribution is 5.31. The Balaban J connectivity index is 1.76. The highest BCUT2D eigenvalue weighted by atomic mass is 16.5. The maximum atomic E-state index is 5.89. The van der Waals surface area contributed by atoms with Crippen LogP contribution in [0.4, 0.5) is 0 Å². The normalized spacial score (nSPS) is 17.3. The van der Waals surface area contributed by atoms with Gasteiger partial charge < -0.3 is 14.8 Å². The van der Waals surface area contributed by atoms with Crippen LogP contribution in [-0.2, 0) is 0 Å². The first-order chi connectivity index (χ1) is 10.1. The molecule has 0 radical (unpaired) electrons. The topological polar surface area (TPSA) is 30.5 Å². The molecule has 1 fully saturated rings. The van der Waals surface area contributed by atoms with E-state index in [0.717, 1.165) is 37.1 Å². The fourth-order valence-electron chi connectivity index (χ4n) is 2.67. The van der Waals surface area contributed by atoms with Crippen molar-refractivity contribution in [2.45, 2.75) is 52.0 Å². The zero-order chi connectivity index (χ0) is 15.1. The van der Waals surface area contributed by atoms with Crippen LogP contribution < -0.4 is 14.8 Å². The number of hydrogen-bond acceptors (Lipinski definition) is 3. The van der Waals surface area contributed by atoms with Gasteiger partial charge in [0.25, 0.3) is 0 Å². The Kier molecular flexibility index (Phi) is 5.92. The molecule has 1 N–H and O–H groups in total. The van der Waals surface area contributed by atoms with Crippen molar-refractivity contribution in [1.82, 2.24) is 5.32 Å². The van der Waals surface area contributed by atoms with Gasteiger partial charge in [-0.25, -0.2) is 0 Å². The maximum absolute atomic E-state index is 5.89. The van der Waals surface area contributed by atoms with Crippen molar-refractivity contribution < 1.29 is 9.47 Å². The number of benzene rings is 1. The minimum Gasteiger partial charge on any atom is -0.497 e. The summed E-state index contributed by atoms with van der Waals surface area (Å²) in [5, 5.41) is 3.67. The van der Waals surface area contributed by atoms with Crippen molar-refractivity contribution in [3.63, 3.8) is 0 Å². The Bertz CT molecular complexity index is 414. The molecule has 0 bridgehead atoms. The zero-order valence-electron chi connectivity index (χ0n) is 13.7. The van der Waals surface area contributed by atoms with Gasteiger partial charge in [0.1, 0.15) is 11.5 Å². The summed E-state index contributed by atoms with van der Waals surface area (Å²) in [6, 6.07) is 8.60. The fourth-order valence-corrected chi connectivity index (χ4v) is 2.67. The van der Waals surface area contributed by atoms with Crippen LogP contribution >= 0.6 is 0 Å². The van der Waals surface area contributed by atoms with Crippen molar-refractivity contribution >= 4 is 0 Å². The van der Waals surface area contributed by atoms with E-state index in [9.17, 15) is 0 Å². The Labute approximate surface area is 129 Å². The van der Waals surface area contributed by atoms with E-state index < -0.39 is 0 Å². The predicted octanol–water partition coefficient (Wildman–Crippen LogP) is 4.02. The summed E-state index contributed by atoms with van der Waals surface area (Å²) in [4.78, 5) is 0. The third-order valence-corrected chi connectivity index (χ3v) is 4.28. The Morgan fingerprint density at radius 3 is 2.38 bits per heavy atom. The minimum absolute atomic E-state index is 0.337. The Morgan fingerprint density at radius 1 is 1.14 bits per heavy atom. The van der Waals surface area contributed by atoms with E-state index in [2.05, 4.69) is 19.2 Å². The number of ether oxygens (including phenoxy) is 2. The molecule has 0 heterocycles. The molecule has 1 saturated carbocycles. The first-order valence-corrected chi connectivity index (χ1v) is 8.15. The summed E-state index contributed by atoms with van der Waals surface area (Å²) >= 11 is 0. The molecule has 1 aromatic rings. The van der Waals surface area contributed by atoms with Crippen LogP contribution in [0.3, 0.4) is 0 Å². The van der Waals surface area contributed by atoms with Gasteiger partial charge in [0.15, 0.2) is 0 Å². The van der Waals surface area contributed by atoms with Gasteiger partial charge in [0.2, 0.25) is 0 Å². The number of hydrogen-bond donors (Lipinski definition) is 1. The van der Waals surface area contributed by atoms with E-state index in [1.807, 2.05) is 24.3 Å². The largest absolute Gasteiger partial charge is 0.497 e. The first kappa shape index (κ1) is 16.2. The smallest absolute Gasteiger partial charge is 0.119 e.